The summed E-state index contributed by atoms with van der Waals surface area (Å²) in [6.07, 6.45) is 9.02. The van der Waals surface area contributed by atoms with Gasteiger partial charge in [0.05, 0.1) is 11.4 Å². The van der Waals surface area contributed by atoms with Crippen LogP contribution >= 0.6 is 0 Å². The molecule has 1 saturated carbocycles. The van der Waals surface area contributed by atoms with E-state index in [1.165, 1.54) is 29.7 Å². The number of anilines is 3. The number of hydrogen-bond donors (Lipinski definition) is 2. The van der Waals surface area contributed by atoms with Gasteiger partial charge >= 0.3 is 6.03 Å². The summed E-state index contributed by atoms with van der Waals surface area (Å²) in [6.45, 7) is 6.60. The number of amides is 2. The minimum Gasteiger partial charge on any atom is -0.369 e. The van der Waals surface area contributed by atoms with E-state index in [9.17, 15) is 4.79 Å². The molecule has 8 heteroatoms. The minimum absolute atomic E-state index is 0.123. The first-order chi connectivity index (χ1) is 15.2. The number of aromatic nitrogens is 3. The second kappa shape index (κ2) is 7.23. The maximum atomic E-state index is 13.2. The number of carbonyl (C=O) groups is 1. The molecule has 31 heavy (non-hydrogen) atoms. The Morgan fingerprint density at radius 3 is 2.84 bits per heavy atom. The lowest BCUT2D eigenvalue weighted by atomic mass is 10.1. The highest BCUT2D eigenvalue weighted by molar-refractivity contribution is 6.03. The fourth-order valence-corrected chi connectivity index (χ4v) is 4.87. The van der Waals surface area contributed by atoms with Crippen LogP contribution in [-0.4, -0.2) is 53.1 Å². The molecule has 0 unspecified atom stereocenters. The Morgan fingerprint density at radius 1 is 1.19 bits per heavy atom. The van der Waals surface area contributed by atoms with Crippen LogP contribution < -0.4 is 20.4 Å². The summed E-state index contributed by atoms with van der Waals surface area (Å²) in [5.74, 6) is 1.34. The van der Waals surface area contributed by atoms with Crippen LogP contribution in [0.5, 0.6) is 0 Å². The number of hydrogen-bond acceptors (Lipinski definition) is 5. The van der Waals surface area contributed by atoms with Crippen molar-refractivity contribution < 1.29 is 4.79 Å². The van der Waals surface area contributed by atoms with E-state index in [0.717, 1.165) is 55.4 Å². The Labute approximate surface area is 181 Å². The number of nitrogens with zero attached hydrogens (tertiary/aromatic N) is 5. The Bertz CT molecular complexity index is 1160. The van der Waals surface area contributed by atoms with E-state index in [-0.39, 0.29) is 6.03 Å². The zero-order valence-corrected chi connectivity index (χ0v) is 17.8. The molecule has 3 aromatic heterocycles. The van der Waals surface area contributed by atoms with Crippen LogP contribution in [0, 0.1) is 6.92 Å². The molecule has 0 spiro atoms. The molecule has 2 fully saturated rings. The summed E-state index contributed by atoms with van der Waals surface area (Å²) in [4.78, 5) is 26.7. The molecule has 3 aliphatic rings. The van der Waals surface area contributed by atoms with Gasteiger partial charge in [-0.05, 0) is 44.2 Å². The molecule has 3 aromatic rings. The highest BCUT2D eigenvalue weighted by Crippen LogP contribution is 2.42. The number of pyridine rings is 2. The van der Waals surface area contributed by atoms with Crippen LogP contribution in [0.25, 0.3) is 5.65 Å². The van der Waals surface area contributed by atoms with Crippen molar-refractivity contribution in [1.29, 1.82) is 0 Å². The number of aryl methyl sites for hydroxylation is 1. The zero-order valence-electron chi connectivity index (χ0n) is 17.8. The quantitative estimate of drug-likeness (QED) is 0.685. The minimum atomic E-state index is -0.123. The zero-order chi connectivity index (χ0) is 20.9. The number of rotatable bonds is 3. The number of fused-ring (bicyclic) bond motifs is 2. The fraction of sp³-hybridized carbons (Fsp3) is 0.435. The first-order valence-electron chi connectivity index (χ1n) is 11.2. The van der Waals surface area contributed by atoms with Crippen molar-refractivity contribution in [3.8, 4) is 0 Å². The lowest BCUT2D eigenvalue weighted by Crippen LogP contribution is -2.43. The van der Waals surface area contributed by atoms with Gasteiger partial charge in [-0.25, -0.2) is 14.8 Å². The van der Waals surface area contributed by atoms with E-state index in [1.54, 1.807) is 4.90 Å². The summed E-state index contributed by atoms with van der Waals surface area (Å²) in [6, 6.07) is 4.06. The molecule has 2 amide bonds. The monoisotopic (exact) mass is 417 g/mol. The molecular formula is C23H27N7O. The van der Waals surface area contributed by atoms with Gasteiger partial charge < -0.3 is 19.9 Å². The van der Waals surface area contributed by atoms with Crippen LogP contribution in [0.1, 0.15) is 35.6 Å². The van der Waals surface area contributed by atoms with Crippen LogP contribution in [0.4, 0.5) is 22.0 Å². The van der Waals surface area contributed by atoms with Crippen molar-refractivity contribution in [3.63, 3.8) is 0 Å². The second-order valence-electron chi connectivity index (χ2n) is 8.77. The van der Waals surface area contributed by atoms with Gasteiger partial charge in [-0.3, -0.25) is 4.90 Å². The number of imidazole rings is 1. The maximum Gasteiger partial charge on any atom is 0.327 e. The van der Waals surface area contributed by atoms with E-state index in [0.29, 0.717) is 12.5 Å². The first kappa shape index (κ1) is 18.6. The fourth-order valence-electron chi connectivity index (χ4n) is 4.87. The summed E-state index contributed by atoms with van der Waals surface area (Å²) in [7, 11) is 0. The van der Waals surface area contributed by atoms with Crippen LogP contribution in [0.2, 0.25) is 0 Å². The van der Waals surface area contributed by atoms with Crippen molar-refractivity contribution in [1.82, 2.24) is 19.7 Å². The van der Waals surface area contributed by atoms with Crippen LogP contribution in [0.3, 0.4) is 0 Å². The van der Waals surface area contributed by atoms with Crippen molar-refractivity contribution in [2.24, 2.45) is 0 Å². The number of urea groups is 1. The molecule has 0 atom stereocenters. The largest absolute Gasteiger partial charge is 0.369 e. The second-order valence-corrected chi connectivity index (χ2v) is 8.77. The highest BCUT2D eigenvalue weighted by Gasteiger charge is 2.31. The maximum absolute atomic E-state index is 13.2. The molecule has 2 aliphatic heterocycles. The summed E-state index contributed by atoms with van der Waals surface area (Å²) < 4.78 is 2.04. The molecule has 1 aliphatic carbocycles. The topological polar surface area (TPSA) is 77.8 Å². The lowest BCUT2D eigenvalue weighted by Gasteiger charge is -2.31. The normalized spacial score (nSPS) is 18.5. The molecule has 160 valence electrons. The van der Waals surface area contributed by atoms with Gasteiger partial charge in [-0.2, -0.15) is 0 Å². The molecule has 2 N–H and O–H groups in total. The lowest BCUT2D eigenvalue weighted by molar-refractivity contribution is 0.257. The molecule has 8 nitrogen and oxygen atoms in total. The number of piperazine rings is 1. The Balaban J connectivity index is 1.28. The van der Waals surface area contributed by atoms with Gasteiger partial charge in [-0.1, -0.05) is 0 Å². The van der Waals surface area contributed by atoms with Gasteiger partial charge in [0.2, 0.25) is 0 Å². The number of carbonyl (C=O) groups excluding carboxylic acids is 1. The molecule has 0 radical (unpaired) electrons. The van der Waals surface area contributed by atoms with Gasteiger partial charge in [0.15, 0.2) is 0 Å². The SMILES string of the molecule is Cc1cn2cc(NC(=O)N3CCc4c(N5CCNCC5)ccnc43)cc(C3CC3)c2n1. The van der Waals surface area contributed by atoms with Crippen LogP contribution in [0.15, 0.2) is 30.7 Å². The Hall–Kier alpha value is -3.13. The van der Waals surface area contributed by atoms with Gasteiger partial charge in [0, 0.05) is 68.1 Å². The van der Waals surface area contributed by atoms with E-state index >= 15 is 0 Å². The third-order valence-corrected chi connectivity index (χ3v) is 6.52. The third kappa shape index (κ3) is 3.31. The van der Waals surface area contributed by atoms with Crippen molar-refractivity contribution >= 4 is 28.9 Å². The third-order valence-electron chi connectivity index (χ3n) is 6.52. The molecule has 5 heterocycles. The highest BCUT2D eigenvalue weighted by atomic mass is 16.2. The predicted octanol–water partition coefficient (Wildman–Crippen LogP) is 2.92. The number of nitrogens with one attached hydrogen (secondary N) is 2. The van der Waals surface area contributed by atoms with Crippen LogP contribution in [-0.2, 0) is 6.42 Å². The molecule has 0 bridgehead atoms. The van der Waals surface area contributed by atoms with Gasteiger partial charge in [0.25, 0.3) is 0 Å². The standard InChI is InChI=1S/C23H27N7O/c1-15-13-29-14-17(12-19(16-2-3-16)22(29)26-15)27-23(31)30-9-5-18-20(4-6-25-21(18)30)28-10-7-24-8-11-28/h4,6,12-14,16,24H,2-3,5,7-11H2,1H3,(H,27,31). The Morgan fingerprint density at radius 2 is 2.03 bits per heavy atom. The first-order valence-corrected chi connectivity index (χ1v) is 11.2. The van der Waals surface area contributed by atoms with E-state index < -0.39 is 0 Å². The average molecular weight is 418 g/mol. The van der Waals surface area contributed by atoms with E-state index in [1.807, 2.05) is 29.9 Å². The average Bonchev–Trinajstić information content (AvgIpc) is 3.42. The molecule has 1 saturated heterocycles. The van der Waals surface area contributed by atoms with Crippen molar-refractivity contribution in [2.75, 3.05) is 47.8 Å². The summed E-state index contributed by atoms with van der Waals surface area (Å²) >= 11 is 0. The van der Waals surface area contributed by atoms with Gasteiger partial charge in [-0.15, -0.1) is 0 Å². The summed E-state index contributed by atoms with van der Waals surface area (Å²) in [5.41, 5.74) is 6.43. The molecule has 0 aromatic carbocycles. The predicted molar refractivity (Wildman–Crippen MR) is 121 cm³/mol. The Kier molecular flexibility index (Phi) is 4.34. The van der Waals surface area contributed by atoms with E-state index in [4.69, 9.17) is 0 Å². The molecule has 6 rings (SSSR count). The van der Waals surface area contributed by atoms with E-state index in [2.05, 4.69) is 37.6 Å². The van der Waals surface area contributed by atoms with Gasteiger partial charge in [0.1, 0.15) is 11.5 Å². The molecular weight excluding hydrogens is 390 g/mol. The smallest absolute Gasteiger partial charge is 0.327 e. The van der Waals surface area contributed by atoms with Crippen molar-refractivity contribution in [2.45, 2.75) is 32.1 Å². The van der Waals surface area contributed by atoms with Crippen molar-refractivity contribution in [3.05, 3.63) is 47.5 Å². The summed E-state index contributed by atoms with van der Waals surface area (Å²) in [5, 5.41) is 6.52.